The maximum atomic E-state index is 12.6. The fourth-order valence-corrected chi connectivity index (χ4v) is 11.9. The number of nitrogens with one attached hydrogen (secondary N) is 4. The van der Waals surface area contributed by atoms with E-state index in [0.29, 0.717) is 19.8 Å². The molecule has 4 unspecified atom stereocenters. The minimum Gasteiger partial charge on any atom is -0.486 e. The van der Waals surface area contributed by atoms with Crippen LogP contribution in [0.2, 0.25) is 10.0 Å². The summed E-state index contributed by atoms with van der Waals surface area (Å²) in [6.07, 6.45) is -1.23. The summed E-state index contributed by atoms with van der Waals surface area (Å²) >= 11 is 11.9. The van der Waals surface area contributed by atoms with E-state index in [1.807, 2.05) is 92.7 Å². The lowest BCUT2D eigenvalue weighted by Crippen LogP contribution is -2.47. The van der Waals surface area contributed by atoms with Crippen LogP contribution in [0.3, 0.4) is 0 Å². The molecule has 0 spiro atoms. The molecule has 14 N–H and O–H groups in total. The second-order valence-electron chi connectivity index (χ2n) is 15.2. The maximum absolute atomic E-state index is 12.6. The SMILES string of the molecule is CC(c1ccccc1)C1Nc2cc(Cl)c(S(N)(=O)=O)cc2S(=O)(=O)N1.CC(c1ccccc1)C1Nc2cc(Cl)c(S(N)(=O)=O)cc2S(=O)(=O)N1.NC(N)=NCc1ccc2c(c1)OCCO2.O=S(=O)(O)O. The van der Waals surface area contributed by atoms with Crippen LogP contribution in [-0.4, -0.2) is 82.7 Å². The second kappa shape index (κ2) is 22.4. The number of anilines is 2. The van der Waals surface area contributed by atoms with Gasteiger partial charge in [-0.1, -0.05) is 104 Å². The number of halogens is 2. The molecule has 5 aromatic carbocycles. The average Bonchev–Trinajstić information content (AvgIpc) is 3.26. The van der Waals surface area contributed by atoms with Gasteiger partial charge in [0.2, 0.25) is 40.1 Å². The van der Waals surface area contributed by atoms with Crippen molar-refractivity contribution in [3.05, 3.63) is 130 Å². The molecule has 70 heavy (non-hydrogen) atoms. The molecule has 8 rings (SSSR count). The third kappa shape index (κ3) is 15.1. The zero-order valence-corrected chi connectivity index (χ0v) is 42.2. The van der Waals surface area contributed by atoms with Crippen LogP contribution >= 0.6 is 23.2 Å². The Hall–Kier alpha value is -5.34. The topological polar surface area (TPSA) is 394 Å². The fourth-order valence-electron chi connectivity index (χ4n) is 6.75. The zero-order valence-electron chi connectivity index (χ0n) is 36.6. The normalized spacial score (nSPS) is 18.2. The van der Waals surface area contributed by atoms with Gasteiger partial charge in [0.25, 0.3) is 0 Å². The molecule has 0 saturated carbocycles. The van der Waals surface area contributed by atoms with E-state index >= 15 is 0 Å². The van der Waals surface area contributed by atoms with Gasteiger partial charge < -0.3 is 31.6 Å². The van der Waals surface area contributed by atoms with E-state index in [1.54, 1.807) is 0 Å². The number of hydrogen-bond donors (Lipinski definition) is 10. The first-order valence-electron chi connectivity index (χ1n) is 20.0. The van der Waals surface area contributed by atoms with Gasteiger partial charge in [-0.15, -0.1) is 0 Å². The monoisotopic (exact) mass is 1110 g/mol. The van der Waals surface area contributed by atoms with Gasteiger partial charge in [-0.3, -0.25) is 9.11 Å². The number of ether oxygens (including phenoxy) is 2. The number of nitrogens with two attached hydrogens (primary N) is 4. The second-order valence-corrected chi connectivity index (χ2v) is 23.3. The van der Waals surface area contributed by atoms with Crippen molar-refractivity contribution in [3.8, 4) is 11.5 Å². The van der Waals surface area contributed by atoms with Crippen LogP contribution in [0.4, 0.5) is 11.4 Å². The van der Waals surface area contributed by atoms with Gasteiger partial charge in [0.1, 0.15) is 32.8 Å². The van der Waals surface area contributed by atoms with Crippen LogP contribution in [0.25, 0.3) is 0 Å². The molecule has 5 aromatic rings. The number of benzene rings is 5. The van der Waals surface area contributed by atoms with Crippen molar-refractivity contribution in [2.45, 2.75) is 64.1 Å². The van der Waals surface area contributed by atoms with Crippen molar-refractivity contribution in [1.82, 2.24) is 9.44 Å². The lowest BCUT2D eigenvalue weighted by Gasteiger charge is -2.32. The Morgan fingerprint density at radius 2 is 1.04 bits per heavy atom. The molecular formula is C40H47Cl2N9O14S5. The number of rotatable bonds is 8. The number of nitrogens with zero attached hydrogens (tertiary/aromatic N) is 1. The van der Waals surface area contributed by atoms with Gasteiger partial charge in [-0.2, -0.15) is 17.9 Å². The van der Waals surface area contributed by atoms with Crippen molar-refractivity contribution < 1.29 is 60.7 Å². The standard InChI is InChI=1S/2C15H16ClN3O4S2.C10H13N3O2.H2O4S/c2*1-9(10-5-3-2-4-6-10)15-18-12-7-11(16)13(24(17,20)21)8-14(12)25(22,23)19-15;11-10(12)13-6-7-1-2-8-9(5-7)15-4-3-14-8;1-5(2,3)4/h2*2-9,15,18-19H,1H3,(H2,17,20,21);1-2,5H,3-4,6H2,(H4,11,12,13);(H2,1,2,3,4). The summed E-state index contributed by atoms with van der Waals surface area (Å²) in [5.74, 6) is 1.26. The highest BCUT2D eigenvalue weighted by molar-refractivity contribution is 7.91. The van der Waals surface area contributed by atoms with Crippen LogP contribution in [0.5, 0.6) is 11.5 Å². The summed E-state index contributed by atoms with van der Waals surface area (Å²) in [6, 6.07) is 28.9. The molecule has 30 heteroatoms. The lowest BCUT2D eigenvalue weighted by molar-refractivity contribution is 0.171. The average molecular weight is 1110 g/mol. The Bertz CT molecular complexity index is 3150. The fraction of sp³-hybridized carbons (Fsp3) is 0.225. The summed E-state index contributed by atoms with van der Waals surface area (Å²) < 4.78 is 144. The highest BCUT2D eigenvalue weighted by atomic mass is 35.5. The first kappa shape index (κ1) is 55.6. The predicted molar refractivity (Wildman–Crippen MR) is 262 cm³/mol. The molecule has 0 aromatic heterocycles. The van der Waals surface area contributed by atoms with Crippen LogP contribution in [0.1, 0.15) is 42.4 Å². The van der Waals surface area contributed by atoms with Crippen LogP contribution < -0.4 is 51.3 Å². The molecular weight excluding hydrogens is 1060 g/mol. The van der Waals surface area contributed by atoms with Crippen molar-refractivity contribution in [2.24, 2.45) is 26.7 Å². The van der Waals surface area contributed by atoms with E-state index in [1.165, 1.54) is 12.1 Å². The minimum atomic E-state index is -4.67. The first-order valence-corrected chi connectivity index (χ1v) is 28.2. The van der Waals surface area contributed by atoms with Gasteiger partial charge >= 0.3 is 10.4 Å². The van der Waals surface area contributed by atoms with Gasteiger partial charge in [-0.05, 0) is 53.1 Å². The zero-order chi connectivity index (χ0) is 52.0. The largest absolute Gasteiger partial charge is 0.486 e. The van der Waals surface area contributed by atoms with Gasteiger partial charge in [0, 0.05) is 11.8 Å². The first-order chi connectivity index (χ1) is 32.4. The molecule has 0 aliphatic carbocycles. The highest BCUT2D eigenvalue weighted by Gasteiger charge is 2.36. The van der Waals surface area contributed by atoms with Crippen LogP contribution in [0, 0.1) is 0 Å². The van der Waals surface area contributed by atoms with Crippen molar-refractivity contribution in [1.29, 1.82) is 0 Å². The molecule has 380 valence electrons. The smallest absolute Gasteiger partial charge is 0.394 e. The van der Waals surface area contributed by atoms with E-state index in [4.69, 9.17) is 71.9 Å². The molecule has 4 atom stereocenters. The van der Waals surface area contributed by atoms with Crippen molar-refractivity contribution in [3.63, 3.8) is 0 Å². The van der Waals surface area contributed by atoms with E-state index in [9.17, 15) is 33.7 Å². The molecule has 3 aliphatic heterocycles. The third-order valence-corrected chi connectivity index (χ3v) is 15.9. The molecule has 3 aliphatic rings. The Balaban J connectivity index is 0.000000191. The molecule has 0 bridgehead atoms. The van der Waals surface area contributed by atoms with Crippen LogP contribution in [-0.2, 0) is 57.0 Å². The third-order valence-electron chi connectivity index (χ3n) is 10.1. The summed E-state index contributed by atoms with van der Waals surface area (Å²) in [5.41, 5.74) is 13.8. The summed E-state index contributed by atoms with van der Waals surface area (Å²) in [6.45, 7) is 5.39. The number of primary sulfonamides is 2. The highest BCUT2D eigenvalue weighted by Crippen LogP contribution is 2.38. The van der Waals surface area contributed by atoms with E-state index in [0.717, 1.165) is 40.3 Å². The van der Waals surface area contributed by atoms with Gasteiger partial charge in [-0.25, -0.2) is 48.9 Å². The summed E-state index contributed by atoms with van der Waals surface area (Å²) in [5, 5.41) is 16.0. The van der Waals surface area contributed by atoms with Gasteiger partial charge in [0.15, 0.2) is 17.5 Å². The lowest BCUT2D eigenvalue weighted by atomic mass is 9.98. The number of sulfonamides is 4. The maximum Gasteiger partial charge on any atom is 0.394 e. The number of hydrogen-bond acceptors (Lipinski definition) is 15. The van der Waals surface area contributed by atoms with Crippen molar-refractivity contribution >= 4 is 91.0 Å². The van der Waals surface area contributed by atoms with Gasteiger partial charge in [0.05, 0.1) is 40.3 Å². The number of aliphatic imine (C=N–C) groups is 1. The van der Waals surface area contributed by atoms with E-state index in [-0.39, 0.29) is 49.0 Å². The summed E-state index contributed by atoms with van der Waals surface area (Å²) in [4.78, 5) is 2.63. The molecule has 0 fully saturated rings. The summed E-state index contributed by atoms with van der Waals surface area (Å²) in [7, 11) is -20.8. The quantitative estimate of drug-likeness (QED) is 0.0606. The minimum absolute atomic E-state index is 0.0879. The Morgan fingerprint density at radius 1 is 0.657 bits per heavy atom. The van der Waals surface area contributed by atoms with Crippen molar-refractivity contribution in [2.75, 3.05) is 23.8 Å². The number of fused-ring (bicyclic) bond motifs is 3. The Morgan fingerprint density at radius 3 is 1.41 bits per heavy atom. The Kier molecular flexibility index (Phi) is 17.8. The Labute approximate surface area is 414 Å². The number of guanidine groups is 1. The van der Waals surface area contributed by atoms with E-state index in [2.05, 4.69) is 25.1 Å². The molecule has 0 saturated heterocycles. The predicted octanol–water partition coefficient (Wildman–Crippen LogP) is 3.22. The van der Waals surface area contributed by atoms with Crippen LogP contribution in [0.15, 0.2) is 128 Å². The molecule has 23 nitrogen and oxygen atoms in total. The van der Waals surface area contributed by atoms with E-state index < -0.39 is 72.6 Å². The molecule has 3 heterocycles. The molecule has 0 amide bonds. The molecule has 0 radical (unpaired) electrons.